The van der Waals surface area contributed by atoms with Crippen molar-refractivity contribution in [1.82, 2.24) is 4.98 Å². The molecule has 0 aliphatic heterocycles. The Balaban J connectivity index is 1.95. The van der Waals surface area contributed by atoms with Crippen molar-refractivity contribution in [2.45, 2.75) is 13.5 Å². The fourth-order valence-corrected chi connectivity index (χ4v) is 1.68. The quantitative estimate of drug-likeness (QED) is 0.864. The van der Waals surface area contributed by atoms with Crippen LogP contribution in [0, 0.1) is 0 Å². The van der Waals surface area contributed by atoms with E-state index in [-0.39, 0.29) is 0 Å². The van der Waals surface area contributed by atoms with E-state index in [2.05, 4.69) is 10.3 Å². The van der Waals surface area contributed by atoms with E-state index in [1.165, 1.54) is 5.56 Å². The number of aromatic nitrogens is 1. The van der Waals surface area contributed by atoms with E-state index < -0.39 is 0 Å². The first-order valence-corrected chi connectivity index (χ1v) is 6.28. The van der Waals surface area contributed by atoms with Gasteiger partial charge in [-0.15, -0.1) is 0 Å². The van der Waals surface area contributed by atoms with Crippen LogP contribution in [-0.2, 0) is 6.54 Å². The van der Waals surface area contributed by atoms with Crippen molar-refractivity contribution in [2.75, 3.05) is 19.0 Å². The van der Waals surface area contributed by atoms with E-state index in [9.17, 15) is 0 Å². The number of nitrogens with one attached hydrogen (secondary N) is 1. The Morgan fingerprint density at radius 1 is 1.11 bits per heavy atom. The molecule has 1 aromatic carbocycles. The third kappa shape index (κ3) is 3.88. The first kappa shape index (κ1) is 13.2. The standard InChI is InChI=1S/C15H18N2O2/c1-3-19-15-6-4-5-14(17-15)16-11-12-7-9-13(18-2)10-8-12/h4-10H,3,11H2,1-2H3,(H,16,17). The number of nitrogens with zero attached hydrogens (tertiary/aromatic N) is 1. The van der Waals surface area contributed by atoms with Gasteiger partial charge in [0.1, 0.15) is 11.6 Å². The van der Waals surface area contributed by atoms with E-state index in [1.807, 2.05) is 49.4 Å². The van der Waals surface area contributed by atoms with Crippen molar-refractivity contribution in [3.63, 3.8) is 0 Å². The minimum Gasteiger partial charge on any atom is -0.497 e. The topological polar surface area (TPSA) is 43.4 Å². The van der Waals surface area contributed by atoms with Gasteiger partial charge in [0, 0.05) is 12.6 Å². The van der Waals surface area contributed by atoms with Gasteiger partial charge in [-0.3, -0.25) is 0 Å². The van der Waals surface area contributed by atoms with Gasteiger partial charge in [-0.05, 0) is 30.7 Å². The number of pyridine rings is 1. The SMILES string of the molecule is CCOc1cccc(NCc2ccc(OC)cc2)n1. The van der Waals surface area contributed by atoms with Crippen molar-refractivity contribution < 1.29 is 9.47 Å². The molecule has 1 aromatic heterocycles. The minimum atomic E-state index is 0.620. The average molecular weight is 258 g/mol. The van der Waals surface area contributed by atoms with Crippen LogP contribution in [-0.4, -0.2) is 18.7 Å². The molecule has 0 radical (unpaired) electrons. The van der Waals surface area contributed by atoms with Gasteiger partial charge in [0.25, 0.3) is 0 Å². The van der Waals surface area contributed by atoms with Gasteiger partial charge < -0.3 is 14.8 Å². The van der Waals surface area contributed by atoms with E-state index >= 15 is 0 Å². The van der Waals surface area contributed by atoms with Gasteiger partial charge in [0.2, 0.25) is 5.88 Å². The summed E-state index contributed by atoms with van der Waals surface area (Å²) in [5.74, 6) is 2.31. The van der Waals surface area contributed by atoms with E-state index in [0.717, 1.165) is 11.6 Å². The summed E-state index contributed by atoms with van der Waals surface area (Å²) in [6.45, 7) is 3.28. The minimum absolute atomic E-state index is 0.620. The summed E-state index contributed by atoms with van der Waals surface area (Å²) in [4.78, 5) is 4.35. The predicted molar refractivity (Wildman–Crippen MR) is 75.7 cm³/mol. The van der Waals surface area contributed by atoms with E-state index in [1.54, 1.807) is 7.11 Å². The Labute approximate surface area is 113 Å². The van der Waals surface area contributed by atoms with Crippen molar-refractivity contribution in [2.24, 2.45) is 0 Å². The first-order chi connectivity index (χ1) is 9.31. The van der Waals surface area contributed by atoms with Crippen LogP contribution in [0.2, 0.25) is 0 Å². The fourth-order valence-electron chi connectivity index (χ4n) is 1.68. The molecule has 0 fully saturated rings. The molecule has 4 heteroatoms. The van der Waals surface area contributed by atoms with Crippen LogP contribution >= 0.6 is 0 Å². The summed E-state index contributed by atoms with van der Waals surface area (Å²) < 4.78 is 10.5. The summed E-state index contributed by atoms with van der Waals surface area (Å²) in [6, 6.07) is 13.6. The Morgan fingerprint density at radius 3 is 2.58 bits per heavy atom. The molecule has 0 aliphatic rings. The Kier molecular flexibility index (Phi) is 4.61. The van der Waals surface area contributed by atoms with Crippen LogP contribution in [0.15, 0.2) is 42.5 Å². The monoisotopic (exact) mass is 258 g/mol. The zero-order chi connectivity index (χ0) is 13.5. The molecule has 1 N–H and O–H groups in total. The van der Waals surface area contributed by atoms with Crippen LogP contribution in [0.25, 0.3) is 0 Å². The van der Waals surface area contributed by atoms with Gasteiger partial charge in [-0.25, -0.2) is 0 Å². The normalized spacial score (nSPS) is 10.0. The van der Waals surface area contributed by atoms with E-state index in [0.29, 0.717) is 19.0 Å². The zero-order valence-electron chi connectivity index (χ0n) is 11.2. The smallest absolute Gasteiger partial charge is 0.215 e. The molecule has 0 saturated heterocycles. The van der Waals surface area contributed by atoms with Gasteiger partial charge in [-0.2, -0.15) is 4.98 Å². The number of benzene rings is 1. The number of ether oxygens (including phenoxy) is 2. The maximum atomic E-state index is 5.36. The van der Waals surface area contributed by atoms with Crippen molar-refractivity contribution in [3.05, 3.63) is 48.0 Å². The van der Waals surface area contributed by atoms with Crippen LogP contribution < -0.4 is 14.8 Å². The first-order valence-electron chi connectivity index (χ1n) is 6.28. The maximum absolute atomic E-state index is 5.36. The summed E-state index contributed by atoms with van der Waals surface area (Å²) in [5, 5.41) is 3.27. The average Bonchev–Trinajstić information content (AvgIpc) is 2.46. The number of rotatable bonds is 6. The molecule has 19 heavy (non-hydrogen) atoms. The summed E-state index contributed by atoms with van der Waals surface area (Å²) in [6.07, 6.45) is 0. The highest BCUT2D eigenvalue weighted by Crippen LogP contribution is 2.14. The molecule has 0 bridgehead atoms. The highest BCUT2D eigenvalue weighted by atomic mass is 16.5. The molecule has 0 atom stereocenters. The molecule has 0 amide bonds. The lowest BCUT2D eigenvalue weighted by molar-refractivity contribution is 0.327. The zero-order valence-corrected chi connectivity index (χ0v) is 11.2. The number of hydrogen-bond donors (Lipinski definition) is 1. The van der Waals surface area contributed by atoms with Gasteiger partial charge in [0.15, 0.2) is 0 Å². The van der Waals surface area contributed by atoms with Crippen LogP contribution in [0.1, 0.15) is 12.5 Å². The third-order valence-corrected chi connectivity index (χ3v) is 2.65. The van der Waals surface area contributed by atoms with Crippen LogP contribution in [0.4, 0.5) is 5.82 Å². The summed E-state index contributed by atoms with van der Waals surface area (Å²) >= 11 is 0. The van der Waals surface area contributed by atoms with Crippen LogP contribution in [0.3, 0.4) is 0 Å². The third-order valence-electron chi connectivity index (χ3n) is 2.65. The van der Waals surface area contributed by atoms with Crippen molar-refractivity contribution in [1.29, 1.82) is 0 Å². The number of hydrogen-bond acceptors (Lipinski definition) is 4. The second-order valence-corrected chi connectivity index (χ2v) is 4.00. The lowest BCUT2D eigenvalue weighted by Gasteiger charge is -2.08. The maximum Gasteiger partial charge on any atom is 0.215 e. The molecule has 0 saturated carbocycles. The van der Waals surface area contributed by atoms with Crippen molar-refractivity contribution in [3.8, 4) is 11.6 Å². The lowest BCUT2D eigenvalue weighted by Crippen LogP contribution is -2.02. The number of anilines is 1. The molecular weight excluding hydrogens is 240 g/mol. The second kappa shape index (κ2) is 6.64. The summed E-state index contributed by atoms with van der Waals surface area (Å²) in [5.41, 5.74) is 1.17. The van der Waals surface area contributed by atoms with Crippen LogP contribution in [0.5, 0.6) is 11.6 Å². The number of methoxy groups -OCH3 is 1. The van der Waals surface area contributed by atoms with Crippen molar-refractivity contribution >= 4 is 5.82 Å². The molecular formula is C15H18N2O2. The fraction of sp³-hybridized carbons (Fsp3) is 0.267. The Hall–Kier alpha value is -2.23. The van der Waals surface area contributed by atoms with Gasteiger partial charge in [0.05, 0.1) is 13.7 Å². The lowest BCUT2D eigenvalue weighted by atomic mass is 10.2. The van der Waals surface area contributed by atoms with Gasteiger partial charge >= 0.3 is 0 Å². The highest BCUT2D eigenvalue weighted by Gasteiger charge is 1.99. The largest absolute Gasteiger partial charge is 0.497 e. The predicted octanol–water partition coefficient (Wildman–Crippen LogP) is 3.10. The highest BCUT2D eigenvalue weighted by molar-refractivity contribution is 5.38. The molecule has 4 nitrogen and oxygen atoms in total. The van der Waals surface area contributed by atoms with Gasteiger partial charge in [-0.1, -0.05) is 18.2 Å². The molecule has 2 aromatic rings. The molecule has 2 rings (SSSR count). The van der Waals surface area contributed by atoms with E-state index in [4.69, 9.17) is 9.47 Å². The molecule has 0 unspecified atom stereocenters. The molecule has 1 heterocycles. The molecule has 100 valence electrons. The second-order valence-electron chi connectivity index (χ2n) is 4.00. The summed E-state index contributed by atoms with van der Waals surface area (Å²) in [7, 11) is 1.66. The Bertz CT molecular complexity index is 512. The molecule has 0 aliphatic carbocycles. The molecule has 0 spiro atoms. The Morgan fingerprint density at radius 2 is 1.89 bits per heavy atom.